The van der Waals surface area contributed by atoms with Gasteiger partial charge in [0.15, 0.2) is 11.5 Å². The molecule has 0 unspecified atom stereocenters. The second kappa shape index (κ2) is 13.0. The maximum absolute atomic E-state index is 12.9. The van der Waals surface area contributed by atoms with Gasteiger partial charge >= 0.3 is 6.18 Å². The highest BCUT2D eigenvalue weighted by Crippen LogP contribution is 2.36. The number of rotatable bonds is 8. The van der Waals surface area contributed by atoms with Crippen LogP contribution in [0.3, 0.4) is 0 Å². The molecule has 1 heterocycles. The van der Waals surface area contributed by atoms with E-state index in [1.807, 2.05) is 42.5 Å². The number of piperazine rings is 1. The van der Waals surface area contributed by atoms with E-state index in [1.165, 1.54) is 0 Å². The summed E-state index contributed by atoms with van der Waals surface area (Å²) < 4.78 is 50.0. The first-order valence-corrected chi connectivity index (χ1v) is 9.82. The molecule has 1 saturated heterocycles. The van der Waals surface area contributed by atoms with Gasteiger partial charge in [0.1, 0.15) is 6.61 Å². The van der Waals surface area contributed by atoms with Crippen molar-refractivity contribution < 1.29 is 22.6 Å². The Hall–Kier alpha value is -1.67. The Morgan fingerprint density at radius 1 is 1.00 bits per heavy atom. The van der Waals surface area contributed by atoms with Gasteiger partial charge in [-0.05, 0) is 29.7 Å². The Bertz CT molecular complexity index is 773. The van der Waals surface area contributed by atoms with Crippen LogP contribution < -0.4 is 14.8 Å². The summed E-state index contributed by atoms with van der Waals surface area (Å²) in [4.78, 5) is 2.11. The molecule has 1 atom stereocenters. The van der Waals surface area contributed by atoms with Gasteiger partial charge in [-0.15, -0.1) is 24.8 Å². The predicted octanol–water partition coefficient (Wildman–Crippen LogP) is 5.41. The van der Waals surface area contributed by atoms with Crippen LogP contribution in [0.2, 0.25) is 0 Å². The lowest BCUT2D eigenvalue weighted by Crippen LogP contribution is -2.45. The Morgan fingerprint density at radius 3 is 2.29 bits per heavy atom. The number of halogens is 5. The molecule has 1 N–H and O–H groups in total. The molecule has 1 aliphatic rings. The van der Waals surface area contributed by atoms with Crippen LogP contribution in [-0.2, 0) is 6.61 Å². The van der Waals surface area contributed by atoms with Crippen LogP contribution in [0.25, 0.3) is 0 Å². The van der Waals surface area contributed by atoms with Gasteiger partial charge in [-0.25, -0.2) is 0 Å². The fraction of sp³-hybridized carbons (Fsp3) is 0.455. The van der Waals surface area contributed by atoms with E-state index < -0.39 is 12.6 Å². The SMILES string of the molecule is COc1cc([C@H](CCC(F)(F)F)N2CCNCC2)ccc1OCc1ccccc1.Cl.Cl. The van der Waals surface area contributed by atoms with Crippen molar-refractivity contribution in [2.45, 2.75) is 31.7 Å². The summed E-state index contributed by atoms with van der Waals surface area (Å²) in [5.74, 6) is 1.11. The zero-order valence-electron chi connectivity index (χ0n) is 17.4. The van der Waals surface area contributed by atoms with E-state index in [1.54, 1.807) is 13.2 Å². The molecule has 0 radical (unpaired) electrons. The molecular formula is C22H29Cl2F3N2O2. The Kier molecular flexibility index (Phi) is 11.5. The smallest absolute Gasteiger partial charge is 0.389 e. The molecule has 1 aliphatic heterocycles. The van der Waals surface area contributed by atoms with Crippen LogP contribution >= 0.6 is 24.8 Å². The number of benzene rings is 2. The van der Waals surface area contributed by atoms with Crippen molar-refractivity contribution in [2.24, 2.45) is 0 Å². The molecule has 0 aromatic heterocycles. The molecule has 0 amide bonds. The number of nitrogens with zero attached hydrogens (tertiary/aromatic N) is 1. The van der Waals surface area contributed by atoms with Gasteiger partial charge in [0.25, 0.3) is 0 Å². The third kappa shape index (κ3) is 8.41. The molecule has 31 heavy (non-hydrogen) atoms. The van der Waals surface area contributed by atoms with E-state index in [9.17, 15) is 13.2 Å². The molecule has 0 saturated carbocycles. The minimum absolute atomic E-state index is 0. The van der Waals surface area contributed by atoms with E-state index >= 15 is 0 Å². The number of nitrogens with one attached hydrogen (secondary N) is 1. The molecule has 0 bridgehead atoms. The topological polar surface area (TPSA) is 33.7 Å². The summed E-state index contributed by atoms with van der Waals surface area (Å²) in [5.41, 5.74) is 1.85. The number of methoxy groups -OCH3 is 1. The van der Waals surface area contributed by atoms with Crippen LogP contribution in [0.15, 0.2) is 48.5 Å². The monoisotopic (exact) mass is 480 g/mol. The second-order valence-corrected chi connectivity index (χ2v) is 7.14. The molecule has 0 aliphatic carbocycles. The lowest BCUT2D eigenvalue weighted by molar-refractivity contribution is -0.138. The van der Waals surface area contributed by atoms with Crippen molar-refractivity contribution >= 4 is 24.8 Å². The van der Waals surface area contributed by atoms with Crippen molar-refractivity contribution in [3.8, 4) is 11.5 Å². The molecule has 4 nitrogen and oxygen atoms in total. The average molecular weight is 481 g/mol. The van der Waals surface area contributed by atoms with Crippen LogP contribution in [0, 0.1) is 0 Å². The van der Waals surface area contributed by atoms with Crippen LogP contribution in [-0.4, -0.2) is 44.4 Å². The van der Waals surface area contributed by atoms with Crippen LogP contribution in [0.5, 0.6) is 11.5 Å². The quantitative estimate of drug-likeness (QED) is 0.547. The average Bonchev–Trinajstić information content (AvgIpc) is 2.73. The number of hydrogen-bond donors (Lipinski definition) is 1. The van der Waals surface area contributed by atoms with Crippen molar-refractivity contribution in [2.75, 3.05) is 33.3 Å². The summed E-state index contributed by atoms with van der Waals surface area (Å²) in [6, 6.07) is 14.9. The third-order valence-electron chi connectivity index (χ3n) is 5.10. The fourth-order valence-corrected chi connectivity index (χ4v) is 3.60. The molecule has 174 valence electrons. The largest absolute Gasteiger partial charge is 0.493 e. The van der Waals surface area contributed by atoms with E-state index in [0.717, 1.165) is 37.3 Å². The summed E-state index contributed by atoms with van der Waals surface area (Å²) in [6.45, 7) is 3.38. The minimum Gasteiger partial charge on any atom is -0.493 e. The molecule has 9 heteroatoms. The van der Waals surface area contributed by atoms with Crippen LogP contribution in [0.4, 0.5) is 13.2 Å². The van der Waals surface area contributed by atoms with Gasteiger partial charge in [0, 0.05) is 38.6 Å². The Balaban J connectivity index is 0.00000240. The Labute approximate surface area is 193 Å². The van der Waals surface area contributed by atoms with Gasteiger partial charge in [-0.2, -0.15) is 13.2 Å². The Morgan fingerprint density at radius 2 is 1.68 bits per heavy atom. The lowest BCUT2D eigenvalue weighted by atomic mass is 9.98. The van der Waals surface area contributed by atoms with Gasteiger partial charge < -0.3 is 14.8 Å². The number of hydrogen-bond acceptors (Lipinski definition) is 4. The van der Waals surface area contributed by atoms with E-state index in [4.69, 9.17) is 9.47 Å². The highest BCUT2D eigenvalue weighted by atomic mass is 35.5. The van der Waals surface area contributed by atoms with E-state index in [-0.39, 0.29) is 37.3 Å². The first-order valence-electron chi connectivity index (χ1n) is 9.82. The zero-order valence-corrected chi connectivity index (χ0v) is 19.0. The van der Waals surface area contributed by atoms with Crippen LogP contribution in [0.1, 0.15) is 30.0 Å². The first-order chi connectivity index (χ1) is 14.0. The molecular weight excluding hydrogens is 452 g/mol. The first kappa shape index (κ1) is 27.4. The predicted molar refractivity (Wildman–Crippen MR) is 121 cm³/mol. The number of alkyl halides is 3. The van der Waals surface area contributed by atoms with Crippen molar-refractivity contribution in [1.29, 1.82) is 0 Å². The van der Waals surface area contributed by atoms with Gasteiger partial charge in [0.2, 0.25) is 0 Å². The standard InChI is InChI=1S/C22H27F3N2O2.2ClH/c1-28-21-15-18(7-8-20(21)29-16-17-5-3-2-4-6-17)19(9-10-22(23,24)25)27-13-11-26-12-14-27;;/h2-8,15,19,26H,9-14,16H2,1H3;2*1H/t19-;;/m0../s1. The highest BCUT2D eigenvalue weighted by Gasteiger charge is 2.31. The summed E-state index contributed by atoms with van der Waals surface area (Å²) >= 11 is 0. The lowest BCUT2D eigenvalue weighted by Gasteiger charge is -2.35. The molecule has 0 spiro atoms. The third-order valence-corrected chi connectivity index (χ3v) is 5.10. The van der Waals surface area contributed by atoms with E-state index in [2.05, 4.69) is 10.2 Å². The maximum Gasteiger partial charge on any atom is 0.389 e. The molecule has 2 aromatic rings. The summed E-state index contributed by atoms with van der Waals surface area (Å²) in [7, 11) is 1.55. The zero-order chi connectivity index (χ0) is 20.7. The maximum atomic E-state index is 12.9. The molecule has 1 fully saturated rings. The normalized spacial score (nSPS) is 15.4. The van der Waals surface area contributed by atoms with Gasteiger partial charge in [0.05, 0.1) is 7.11 Å². The van der Waals surface area contributed by atoms with Gasteiger partial charge in [-0.1, -0.05) is 36.4 Å². The summed E-state index contributed by atoms with van der Waals surface area (Å²) in [6.07, 6.45) is -4.96. The van der Waals surface area contributed by atoms with Crippen molar-refractivity contribution in [3.05, 3.63) is 59.7 Å². The molecule has 3 rings (SSSR count). The number of ether oxygens (including phenoxy) is 2. The van der Waals surface area contributed by atoms with E-state index in [0.29, 0.717) is 18.1 Å². The summed E-state index contributed by atoms with van der Waals surface area (Å²) in [5, 5.41) is 3.25. The fourth-order valence-electron chi connectivity index (χ4n) is 3.60. The van der Waals surface area contributed by atoms with Crippen molar-refractivity contribution in [3.63, 3.8) is 0 Å². The highest BCUT2D eigenvalue weighted by molar-refractivity contribution is 5.85. The second-order valence-electron chi connectivity index (χ2n) is 7.14. The van der Waals surface area contributed by atoms with Gasteiger partial charge in [-0.3, -0.25) is 4.90 Å². The molecule has 2 aromatic carbocycles. The van der Waals surface area contributed by atoms with Crippen molar-refractivity contribution in [1.82, 2.24) is 10.2 Å². The minimum atomic E-state index is -4.17.